The average molecular weight is 287 g/mol. The Bertz CT molecular complexity index is 787. The van der Waals surface area contributed by atoms with Crippen molar-refractivity contribution in [1.82, 2.24) is 19.3 Å². The summed E-state index contributed by atoms with van der Waals surface area (Å²) in [4.78, 5) is 4.59. The Morgan fingerprint density at radius 3 is 2.67 bits per heavy atom. The first-order valence-electron chi connectivity index (χ1n) is 6.89. The number of imidazole rings is 1. The van der Waals surface area contributed by atoms with Crippen LogP contribution in [0.1, 0.15) is 37.3 Å². The monoisotopic (exact) mass is 287 g/mol. The molecule has 110 valence electrons. The lowest BCUT2D eigenvalue weighted by atomic mass is 10.1. The van der Waals surface area contributed by atoms with Gasteiger partial charge in [0.25, 0.3) is 0 Å². The molecule has 3 rings (SSSR count). The molecule has 6 heteroatoms. The molecule has 1 atom stereocenters. The highest BCUT2D eigenvalue weighted by Crippen LogP contribution is 2.27. The van der Waals surface area contributed by atoms with Crippen molar-refractivity contribution in [3.63, 3.8) is 0 Å². The number of aryl methyl sites for hydroxylation is 1. The van der Waals surface area contributed by atoms with E-state index in [-0.39, 0.29) is 11.9 Å². The van der Waals surface area contributed by atoms with Crippen molar-refractivity contribution < 1.29 is 4.39 Å². The maximum Gasteiger partial charge on any atom is 0.131 e. The lowest BCUT2D eigenvalue weighted by Gasteiger charge is -2.16. The van der Waals surface area contributed by atoms with E-state index in [9.17, 15) is 4.39 Å². The van der Waals surface area contributed by atoms with Crippen molar-refractivity contribution in [3.05, 3.63) is 47.8 Å². The highest BCUT2D eigenvalue weighted by molar-refractivity contribution is 5.76. The molecule has 0 radical (unpaired) electrons. The zero-order valence-corrected chi connectivity index (χ0v) is 12.3. The number of hydrogen-bond acceptors (Lipinski definition) is 3. The summed E-state index contributed by atoms with van der Waals surface area (Å²) in [6.45, 7) is 4.07. The van der Waals surface area contributed by atoms with Gasteiger partial charge in [0.15, 0.2) is 0 Å². The minimum atomic E-state index is -0.392. The van der Waals surface area contributed by atoms with Crippen LogP contribution < -0.4 is 5.73 Å². The Labute approximate surface area is 122 Å². The maximum absolute atomic E-state index is 13.5. The number of nitrogens with two attached hydrogens (primary N) is 1. The molecule has 2 heterocycles. The predicted molar refractivity (Wildman–Crippen MR) is 79.3 cm³/mol. The van der Waals surface area contributed by atoms with Crippen molar-refractivity contribution in [3.8, 4) is 0 Å². The topological polar surface area (TPSA) is 61.7 Å². The minimum Gasteiger partial charge on any atom is -0.324 e. The largest absolute Gasteiger partial charge is 0.324 e. The highest BCUT2D eigenvalue weighted by Gasteiger charge is 2.21. The molecule has 2 N–H and O–H groups in total. The van der Waals surface area contributed by atoms with Gasteiger partial charge in [-0.1, -0.05) is 0 Å². The zero-order valence-electron chi connectivity index (χ0n) is 12.3. The van der Waals surface area contributed by atoms with Crippen LogP contribution in [-0.2, 0) is 7.05 Å². The average Bonchev–Trinajstić information content (AvgIpc) is 3.01. The van der Waals surface area contributed by atoms with Crippen LogP contribution in [0.15, 0.2) is 30.6 Å². The molecule has 0 saturated heterocycles. The summed E-state index contributed by atoms with van der Waals surface area (Å²) >= 11 is 0. The van der Waals surface area contributed by atoms with E-state index >= 15 is 0 Å². The van der Waals surface area contributed by atoms with Crippen LogP contribution in [0.25, 0.3) is 11.0 Å². The van der Waals surface area contributed by atoms with Crippen LogP contribution in [0.5, 0.6) is 0 Å². The standard InChI is InChI=1S/C15H18FN5/c1-9(2)21-13-6-11(16)4-5-12(13)19-15(21)14(17)10-7-18-20(3)8-10/h4-9,14H,17H2,1-3H3. The van der Waals surface area contributed by atoms with E-state index in [2.05, 4.69) is 10.1 Å². The van der Waals surface area contributed by atoms with Gasteiger partial charge in [0.05, 0.1) is 23.3 Å². The minimum absolute atomic E-state index is 0.134. The Morgan fingerprint density at radius 1 is 1.29 bits per heavy atom. The van der Waals surface area contributed by atoms with E-state index in [4.69, 9.17) is 5.73 Å². The molecule has 0 amide bonds. The lowest BCUT2D eigenvalue weighted by Crippen LogP contribution is -2.18. The van der Waals surface area contributed by atoms with Crippen LogP contribution in [-0.4, -0.2) is 19.3 Å². The summed E-state index contributed by atoms with van der Waals surface area (Å²) in [5.41, 5.74) is 8.74. The molecule has 0 saturated carbocycles. The molecule has 0 aliphatic rings. The van der Waals surface area contributed by atoms with Crippen LogP contribution in [0.3, 0.4) is 0 Å². The number of hydrogen-bond donors (Lipinski definition) is 1. The Morgan fingerprint density at radius 2 is 2.05 bits per heavy atom. The van der Waals surface area contributed by atoms with Crippen LogP contribution in [0, 0.1) is 5.82 Å². The Balaban J connectivity index is 2.19. The van der Waals surface area contributed by atoms with Crippen LogP contribution >= 0.6 is 0 Å². The summed E-state index contributed by atoms with van der Waals surface area (Å²) < 4.78 is 17.2. The normalized spacial score (nSPS) is 13.2. The third-order valence-electron chi connectivity index (χ3n) is 3.56. The fourth-order valence-electron chi connectivity index (χ4n) is 2.60. The maximum atomic E-state index is 13.5. The molecular formula is C15H18FN5. The Hall–Kier alpha value is -2.21. The number of benzene rings is 1. The number of rotatable bonds is 3. The number of aromatic nitrogens is 4. The summed E-state index contributed by atoms with van der Waals surface area (Å²) in [6.07, 6.45) is 3.60. The van der Waals surface area contributed by atoms with E-state index < -0.39 is 6.04 Å². The molecule has 0 spiro atoms. The fourth-order valence-corrected chi connectivity index (χ4v) is 2.60. The quantitative estimate of drug-likeness (QED) is 0.805. The molecular weight excluding hydrogens is 269 g/mol. The van der Waals surface area contributed by atoms with Gasteiger partial charge in [-0.25, -0.2) is 9.37 Å². The van der Waals surface area contributed by atoms with Crippen LogP contribution in [0.4, 0.5) is 4.39 Å². The van der Waals surface area contributed by atoms with E-state index in [1.165, 1.54) is 12.1 Å². The molecule has 5 nitrogen and oxygen atoms in total. The predicted octanol–water partition coefficient (Wildman–Crippen LogP) is 2.54. The Kier molecular flexibility index (Phi) is 3.25. The van der Waals surface area contributed by atoms with E-state index in [0.717, 1.165) is 22.4 Å². The smallest absolute Gasteiger partial charge is 0.131 e. The van der Waals surface area contributed by atoms with E-state index in [1.54, 1.807) is 16.9 Å². The third-order valence-corrected chi connectivity index (χ3v) is 3.56. The number of halogens is 1. The van der Waals surface area contributed by atoms with Gasteiger partial charge in [-0.05, 0) is 32.0 Å². The first-order chi connectivity index (χ1) is 9.97. The van der Waals surface area contributed by atoms with Gasteiger partial charge in [0, 0.05) is 24.8 Å². The van der Waals surface area contributed by atoms with Gasteiger partial charge in [0.1, 0.15) is 11.6 Å². The second-order valence-electron chi connectivity index (χ2n) is 5.49. The molecule has 1 aromatic carbocycles. The lowest BCUT2D eigenvalue weighted by molar-refractivity contribution is 0.564. The first kappa shape index (κ1) is 13.8. The first-order valence-corrected chi connectivity index (χ1v) is 6.89. The van der Waals surface area contributed by atoms with Gasteiger partial charge in [-0.3, -0.25) is 4.68 Å². The van der Waals surface area contributed by atoms with Gasteiger partial charge >= 0.3 is 0 Å². The van der Waals surface area contributed by atoms with Gasteiger partial charge < -0.3 is 10.3 Å². The highest BCUT2D eigenvalue weighted by atomic mass is 19.1. The summed E-state index contributed by atoms with van der Waals surface area (Å²) in [5, 5.41) is 4.15. The van der Waals surface area contributed by atoms with Crippen molar-refractivity contribution in [2.45, 2.75) is 25.9 Å². The van der Waals surface area contributed by atoms with E-state index in [0.29, 0.717) is 0 Å². The van der Waals surface area contributed by atoms with Gasteiger partial charge in [-0.2, -0.15) is 5.10 Å². The van der Waals surface area contributed by atoms with Crippen molar-refractivity contribution in [2.75, 3.05) is 0 Å². The second kappa shape index (κ2) is 4.96. The molecule has 2 aromatic heterocycles. The zero-order chi connectivity index (χ0) is 15.1. The molecule has 3 aromatic rings. The summed E-state index contributed by atoms with van der Waals surface area (Å²) in [6, 6.07) is 4.34. The SMILES string of the molecule is CC(C)n1c(C(N)c2cnn(C)c2)nc2ccc(F)cc21. The van der Waals surface area contributed by atoms with Crippen molar-refractivity contribution >= 4 is 11.0 Å². The molecule has 0 aliphatic carbocycles. The molecule has 0 bridgehead atoms. The third kappa shape index (κ3) is 2.31. The summed E-state index contributed by atoms with van der Waals surface area (Å²) in [7, 11) is 1.84. The van der Waals surface area contributed by atoms with E-state index in [1.807, 2.05) is 31.7 Å². The second-order valence-corrected chi connectivity index (χ2v) is 5.49. The van der Waals surface area contributed by atoms with Gasteiger partial charge in [-0.15, -0.1) is 0 Å². The molecule has 0 aliphatic heterocycles. The number of fused-ring (bicyclic) bond motifs is 1. The molecule has 1 unspecified atom stereocenters. The number of nitrogens with zero attached hydrogens (tertiary/aromatic N) is 4. The molecule has 21 heavy (non-hydrogen) atoms. The van der Waals surface area contributed by atoms with Gasteiger partial charge in [0.2, 0.25) is 0 Å². The van der Waals surface area contributed by atoms with Crippen molar-refractivity contribution in [1.29, 1.82) is 0 Å². The van der Waals surface area contributed by atoms with Crippen LogP contribution in [0.2, 0.25) is 0 Å². The van der Waals surface area contributed by atoms with Crippen molar-refractivity contribution in [2.24, 2.45) is 12.8 Å². The molecule has 0 fully saturated rings. The fraction of sp³-hybridized carbons (Fsp3) is 0.333. The summed E-state index contributed by atoms with van der Waals surface area (Å²) in [5.74, 6) is 0.449.